The number of hydrogen-bond acceptors (Lipinski definition) is 5. The summed E-state index contributed by atoms with van der Waals surface area (Å²) in [6, 6.07) is 6.40. The van der Waals surface area contributed by atoms with Crippen molar-refractivity contribution < 1.29 is 18.3 Å². The maximum absolute atomic E-state index is 13.0. The lowest BCUT2D eigenvalue weighted by Gasteiger charge is -2.41. The van der Waals surface area contributed by atoms with Crippen molar-refractivity contribution in [1.82, 2.24) is 9.21 Å². The van der Waals surface area contributed by atoms with Gasteiger partial charge >= 0.3 is 0 Å². The summed E-state index contributed by atoms with van der Waals surface area (Å²) < 4.78 is 33.3. The van der Waals surface area contributed by atoms with Crippen molar-refractivity contribution >= 4 is 10.0 Å². The van der Waals surface area contributed by atoms with Crippen LogP contribution in [0.5, 0.6) is 0 Å². The van der Waals surface area contributed by atoms with Gasteiger partial charge in [-0.25, -0.2) is 8.42 Å². The van der Waals surface area contributed by atoms with Gasteiger partial charge in [-0.1, -0.05) is 12.1 Å². The molecule has 1 aromatic carbocycles. The van der Waals surface area contributed by atoms with Gasteiger partial charge in [-0.3, -0.25) is 0 Å². The van der Waals surface area contributed by atoms with Gasteiger partial charge in [0, 0.05) is 32.5 Å². The third-order valence-electron chi connectivity index (χ3n) is 4.58. The average Bonchev–Trinajstić information content (AvgIpc) is 2.95. The largest absolute Gasteiger partial charge is 0.392 e. The van der Waals surface area contributed by atoms with Crippen LogP contribution in [0.1, 0.15) is 18.4 Å². The van der Waals surface area contributed by atoms with E-state index >= 15 is 0 Å². The summed E-state index contributed by atoms with van der Waals surface area (Å²) in [5, 5.41) is 9.08. The van der Waals surface area contributed by atoms with Crippen LogP contribution in [0, 0.1) is 0 Å². The molecule has 0 saturated carbocycles. The second kappa shape index (κ2) is 5.90. The van der Waals surface area contributed by atoms with E-state index in [0.717, 1.165) is 13.1 Å². The van der Waals surface area contributed by atoms with E-state index in [1.54, 1.807) is 24.3 Å². The fourth-order valence-electron chi connectivity index (χ4n) is 3.19. The van der Waals surface area contributed by atoms with Gasteiger partial charge in [-0.15, -0.1) is 0 Å². The molecular weight excluding hydrogens is 304 g/mol. The van der Waals surface area contributed by atoms with Gasteiger partial charge < -0.3 is 14.7 Å². The van der Waals surface area contributed by atoms with E-state index in [9.17, 15) is 8.42 Å². The van der Waals surface area contributed by atoms with Gasteiger partial charge in [0.15, 0.2) is 0 Å². The Balaban J connectivity index is 1.90. The van der Waals surface area contributed by atoms with Gasteiger partial charge in [-0.2, -0.15) is 4.31 Å². The van der Waals surface area contributed by atoms with Crippen LogP contribution in [0.15, 0.2) is 29.2 Å². The fraction of sp³-hybridized carbons (Fsp3) is 0.600. The van der Waals surface area contributed by atoms with E-state index in [4.69, 9.17) is 9.84 Å². The van der Waals surface area contributed by atoms with Crippen molar-refractivity contribution in [2.24, 2.45) is 0 Å². The quantitative estimate of drug-likeness (QED) is 0.882. The lowest BCUT2D eigenvalue weighted by Crippen LogP contribution is -2.54. The summed E-state index contributed by atoms with van der Waals surface area (Å²) in [5.41, 5.74) is 0.00620. The number of piperidine rings is 1. The van der Waals surface area contributed by atoms with E-state index in [1.807, 2.05) is 7.05 Å². The zero-order valence-corrected chi connectivity index (χ0v) is 13.6. The van der Waals surface area contributed by atoms with Gasteiger partial charge in [-0.05, 0) is 24.7 Å². The van der Waals surface area contributed by atoms with Gasteiger partial charge in [0.25, 0.3) is 0 Å². The Morgan fingerprint density at radius 1 is 1.18 bits per heavy atom. The predicted octanol–water partition coefficient (Wildman–Crippen LogP) is 0.622. The van der Waals surface area contributed by atoms with Gasteiger partial charge in [0.05, 0.1) is 18.1 Å². The van der Waals surface area contributed by atoms with Crippen LogP contribution in [0.4, 0.5) is 0 Å². The SMILES string of the molecule is CN1CCC2(CC1)OCCN2S(=O)(=O)c1ccc(CO)cc1. The molecule has 0 aromatic heterocycles. The van der Waals surface area contributed by atoms with E-state index in [2.05, 4.69) is 4.90 Å². The van der Waals surface area contributed by atoms with Crippen LogP contribution >= 0.6 is 0 Å². The number of rotatable bonds is 3. The minimum atomic E-state index is -3.58. The summed E-state index contributed by atoms with van der Waals surface area (Å²) in [7, 11) is -1.55. The van der Waals surface area contributed by atoms with E-state index < -0.39 is 15.7 Å². The molecule has 3 rings (SSSR count). The van der Waals surface area contributed by atoms with Crippen molar-refractivity contribution in [3.8, 4) is 0 Å². The number of sulfonamides is 1. The lowest BCUT2D eigenvalue weighted by molar-refractivity contribution is -0.0873. The Labute approximate surface area is 131 Å². The number of aliphatic hydroxyl groups is 1. The first-order valence-electron chi connectivity index (χ1n) is 7.53. The van der Waals surface area contributed by atoms with Crippen molar-refractivity contribution in [2.75, 3.05) is 33.3 Å². The first-order chi connectivity index (χ1) is 10.5. The van der Waals surface area contributed by atoms with Crippen molar-refractivity contribution in [2.45, 2.75) is 30.1 Å². The second-order valence-corrected chi connectivity index (χ2v) is 7.84. The van der Waals surface area contributed by atoms with Crippen LogP contribution in [0.25, 0.3) is 0 Å². The molecule has 2 heterocycles. The number of nitrogens with zero attached hydrogens (tertiary/aromatic N) is 2. The zero-order chi connectivity index (χ0) is 15.8. The number of aliphatic hydroxyl groups excluding tert-OH is 1. The number of ether oxygens (including phenoxy) is 1. The predicted molar refractivity (Wildman–Crippen MR) is 81.7 cm³/mol. The number of benzene rings is 1. The molecule has 6 nitrogen and oxygen atoms in total. The summed E-state index contributed by atoms with van der Waals surface area (Å²) in [5.74, 6) is 0. The van der Waals surface area contributed by atoms with Crippen LogP contribution in [-0.4, -0.2) is 61.7 Å². The maximum Gasteiger partial charge on any atom is 0.245 e. The van der Waals surface area contributed by atoms with Crippen LogP contribution < -0.4 is 0 Å². The first-order valence-corrected chi connectivity index (χ1v) is 8.97. The minimum Gasteiger partial charge on any atom is -0.392 e. The smallest absolute Gasteiger partial charge is 0.245 e. The molecule has 0 radical (unpaired) electrons. The van der Waals surface area contributed by atoms with Crippen LogP contribution in [-0.2, 0) is 21.4 Å². The lowest BCUT2D eigenvalue weighted by atomic mass is 10.0. The van der Waals surface area contributed by atoms with Gasteiger partial charge in [0.2, 0.25) is 10.0 Å². The molecule has 2 fully saturated rings. The molecule has 0 amide bonds. The Kier molecular flexibility index (Phi) is 4.26. The number of hydrogen-bond donors (Lipinski definition) is 1. The topological polar surface area (TPSA) is 70.1 Å². The van der Waals surface area contributed by atoms with Crippen molar-refractivity contribution in [3.05, 3.63) is 29.8 Å². The molecule has 22 heavy (non-hydrogen) atoms. The molecule has 1 aromatic rings. The average molecular weight is 326 g/mol. The highest BCUT2D eigenvalue weighted by molar-refractivity contribution is 7.89. The molecule has 2 aliphatic rings. The standard InChI is InChI=1S/C15H22N2O4S/c1-16-8-6-15(7-9-16)17(10-11-21-15)22(19,20)14-4-2-13(12-18)3-5-14/h2-5,18H,6-12H2,1H3. The summed E-state index contributed by atoms with van der Waals surface area (Å²) >= 11 is 0. The molecule has 0 unspecified atom stereocenters. The summed E-state index contributed by atoms with van der Waals surface area (Å²) in [4.78, 5) is 2.45. The molecule has 2 saturated heterocycles. The molecular formula is C15H22N2O4S. The van der Waals surface area contributed by atoms with Crippen LogP contribution in [0.3, 0.4) is 0 Å². The Hall–Kier alpha value is -0.990. The zero-order valence-electron chi connectivity index (χ0n) is 12.7. The Morgan fingerprint density at radius 2 is 1.82 bits per heavy atom. The molecule has 1 N–H and O–H groups in total. The van der Waals surface area contributed by atoms with E-state index in [-0.39, 0.29) is 11.5 Å². The molecule has 7 heteroatoms. The second-order valence-electron chi connectivity index (χ2n) is 5.98. The monoisotopic (exact) mass is 326 g/mol. The summed E-state index contributed by atoms with van der Waals surface area (Å²) in [6.07, 6.45) is 1.38. The normalized spacial score (nSPS) is 23.2. The third-order valence-corrected chi connectivity index (χ3v) is 6.55. The molecule has 2 aliphatic heterocycles. The van der Waals surface area contributed by atoms with Gasteiger partial charge in [0.1, 0.15) is 5.72 Å². The molecule has 0 bridgehead atoms. The molecule has 122 valence electrons. The van der Waals surface area contributed by atoms with E-state index in [0.29, 0.717) is 31.6 Å². The van der Waals surface area contributed by atoms with E-state index in [1.165, 1.54) is 4.31 Å². The minimum absolute atomic E-state index is 0.0938. The highest BCUT2D eigenvalue weighted by Gasteiger charge is 2.50. The van der Waals surface area contributed by atoms with Crippen molar-refractivity contribution in [1.29, 1.82) is 0 Å². The number of likely N-dealkylation sites (tertiary alicyclic amines) is 1. The first kappa shape index (κ1) is 15.9. The fourth-order valence-corrected chi connectivity index (χ4v) is 4.91. The maximum atomic E-state index is 13.0. The Bertz CT molecular complexity index is 621. The highest BCUT2D eigenvalue weighted by atomic mass is 32.2. The van der Waals surface area contributed by atoms with Crippen molar-refractivity contribution in [3.63, 3.8) is 0 Å². The molecule has 1 spiro atoms. The Morgan fingerprint density at radius 3 is 2.41 bits per heavy atom. The third kappa shape index (κ3) is 2.68. The molecule has 0 aliphatic carbocycles. The molecule has 0 atom stereocenters. The summed E-state index contributed by atoms with van der Waals surface area (Å²) in [6.45, 7) is 2.40. The highest BCUT2D eigenvalue weighted by Crippen LogP contribution is 2.37. The van der Waals surface area contributed by atoms with Crippen LogP contribution in [0.2, 0.25) is 0 Å².